The van der Waals surface area contributed by atoms with Gasteiger partial charge in [0.25, 0.3) is 0 Å². The molecule has 2 nitrogen and oxygen atoms in total. The minimum absolute atomic E-state index is 0.139. The third-order valence-corrected chi connectivity index (χ3v) is 10.2. The Balaban J connectivity index is 0.000000196. The van der Waals surface area contributed by atoms with E-state index in [4.69, 9.17) is 0 Å². The van der Waals surface area contributed by atoms with Crippen LogP contribution in [-0.2, 0) is 6.42 Å². The maximum absolute atomic E-state index is 12.8. The average Bonchev–Trinajstić information content (AvgIpc) is 3.03. The summed E-state index contributed by atoms with van der Waals surface area (Å²) in [4.78, 5) is 24.9. The van der Waals surface area contributed by atoms with E-state index in [9.17, 15) is 9.59 Å². The molecule has 216 valence electrons. The highest BCUT2D eigenvalue weighted by Gasteiger charge is 2.07. The fourth-order valence-corrected chi connectivity index (χ4v) is 7.70. The van der Waals surface area contributed by atoms with Crippen molar-refractivity contribution < 1.29 is 0 Å². The van der Waals surface area contributed by atoms with Crippen molar-refractivity contribution in [1.82, 2.24) is 0 Å². The van der Waals surface area contributed by atoms with Crippen LogP contribution < -0.4 is 10.9 Å². The Hall–Kier alpha value is -3.34. The lowest BCUT2D eigenvalue weighted by atomic mass is 10.0. The normalized spacial score (nSPS) is 11.3. The monoisotopic (exact) mass is 592 g/mol. The largest absolute Gasteiger partial charge is 0.289 e. The first-order valence-corrected chi connectivity index (χ1v) is 17.1. The maximum Gasteiger partial charge on any atom is 0.195 e. The van der Waals surface area contributed by atoms with Crippen LogP contribution in [0.2, 0.25) is 0 Å². The van der Waals surface area contributed by atoms with Crippen LogP contribution in [0, 0.1) is 0 Å². The van der Waals surface area contributed by atoms with E-state index in [2.05, 4.69) is 25.1 Å². The summed E-state index contributed by atoms with van der Waals surface area (Å²) in [5.74, 6) is 0. The number of fused-ring (bicyclic) bond motifs is 4. The molecule has 0 amide bonds. The molecule has 0 radical (unpaired) electrons. The smallest absolute Gasteiger partial charge is 0.195 e. The molecular formula is C38H40O2S2. The van der Waals surface area contributed by atoms with E-state index < -0.39 is 0 Å². The number of unbranched alkanes of at least 4 members (excludes halogenated alkanes) is 9. The maximum atomic E-state index is 12.8. The zero-order valence-corrected chi connectivity index (χ0v) is 26.2. The summed E-state index contributed by atoms with van der Waals surface area (Å²) in [6, 6.07) is 29.9. The summed E-state index contributed by atoms with van der Waals surface area (Å²) in [6.45, 7) is 2.27. The SMILES string of the molecule is CCCCCCCCCCCCc1ccc2sc3ccccc3c(=O)c2c1.O=c1c2ccccc2sc2ccccc12. The summed E-state index contributed by atoms with van der Waals surface area (Å²) in [5, 5.41) is 3.39. The van der Waals surface area contributed by atoms with Gasteiger partial charge in [-0.3, -0.25) is 9.59 Å². The first kappa shape index (κ1) is 30.1. The summed E-state index contributed by atoms with van der Waals surface area (Å²) >= 11 is 3.38. The predicted molar refractivity (Wildman–Crippen MR) is 187 cm³/mol. The van der Waals surface area contributed by atoms with Crippen LogP contribution in [0.5, 0.6) is 0 Å². The predicted octanol–water partition coefficient (Wildman–Crippen LogP) is 11.3. The highest BCUT2D eigenvalue weighted by atomic mass is 32.1. The second-order valence-electron chi connectivity index (χ2n) is 11.1. The van der Waals surface area contributed by atoms with Crippen molar-refractivity contribution in [2.24, 2.45) is 0 Å². The van der Waals surface area contributed by atoms with Crippen LogP contribution in [0.4, 0.5) is 0 Å². The summed E-state index contributed by atoms with van der Waals surface area (Å²) < 4.78 is 4.30. The highest BCUT2D eigenvalue weighted by molar-refractivity contribution is 7.24. The first-order chi connectivity index (χ1) is 20.7. The lowest BCUT2D eigenvalue weighted by Gasteiger charge is -2.05. The zero-order chi connectivity index (χ0) is 29.1. The lowest BCUT2D eigenvalue weighted by molar-refractivity contribution is 0.556. The number of hydrogen-bond acceptors (Lipinski definition) is 4. The zero-order valence-electron chi connectivity index (χ0n) is 24.6. The van der Waals surface area contributed by atoms with Crippen LogP contribution in [-0.4, -0.2) is 0 Å². The first-order valence-electron chi connectivity index (χ1n) is 15.5. The number of rotatable bonds is 11. The van der Waals surface area contributed by atoms with E-state index in [0.717, 1.165) is 46.8 Å². The summed E-state index contributed by atoms with van der Waals surface area (Å²) in [6.07, 6.45) is 14.7. The lowest BCUT2D eigenvalue weighted by Crippen LogP contribution is -2.01. The van der Waals surface area contributed by atoms with Gasteiger partial charge in [-0.2, -0.15) is 0 Å². The standard InChI is InChI=1S/C25H32OS.C13H8OS/c1-2-3-4-5-6-7-8-9-10-11-14-20-17-18-24-22(19-20)25(26)21-15-12-13-16-23(21)27-24;14-13-9-5-1-3-7-11(9)15-12-8-4-2-6-10(12)13/h12-13,15-19H,2-11,14H2,1H3;1-8H. The van der Waals surface area contributed by atoms with E-state index in [1.807, 2.05) is 72.8 Å². The van der Waals surface area contributed by atoms with Gasteiger partial charge in [0, 0.05) is 40.3 Å². The topological polar surface area (TPSA) is 34.1 Å². The van der Waals surface area contributed by atoms with E-state index in [1.54, 1.807) is 22.7 Å². The minimum atomic E-state index is 0.139. The Labute approximate surface area is 256 Å². The number of benzene rings is 4. The third-order valence-electron chi connectivity index (χ3n) is 7.94. The summed E-state index contributed by atoms with van der Waals surface area (Å²) in [5.41, 5.74) is 1.63. The Morgan fingerprint density at radius 1 is 0.452 bits per heavy atom. The molecule has 0 saturated carbocycles. The van der Waals surface area contributed by atoms with Gasteiger partial charge in [0.05, 0.1) is 0 Å². The van der Waals surface area contributed by atoms with Crippen molar-refractivity contribution in [2.45, 2.75) is 77.6 Å². The van der Waals surface area contributed by atoms with E-state index in [-0.39, 0.29) is 10.9 Å². The fraction of sp³-hybridized carbons (Fsp3) is 0.316. The van der Waals surface area contributed by atoms with Crippen LogP contribution in [0.25, 0.3) is 40.3 Å². The van der Waals surface area contributed by atoms with Crippen LogP contribution >= 0.6 is 22.7 Å². The van der Waals surface area contributed by atoms with Gasteiger partial charge in [-0.15, -0.1) is 22.7 Å². The van der Waals surface area contributed by atoms with E-state index in [0.29, 0.717) is 0 Å². The molecule has 0 aliphatic carbocycles. The molecule has 0 unspecified atom stereocenters. The molecule has 42 heavy (non-hydrogen) atoms. The van der Waals surface area contributed by atoms with Gasteiger partial charge in [-0.25, -0.2) is 0 Å². The third kappa shape index (κ3) is 7.53. The van der Waals surface area contributed by atoms with Gasteiger partial charge in [0.2, 0.25) is 0 Å². The van der Waals surface area contributed by atoms with Crippen LogP contribution in [0.3, 0.4) is 0 Å². The number of hydrogen-bond donors (Lipinski definition) is 0. The van der Waals surface area contributed by atoms with Crippen molar-refractivity contribution in [3.05, 3.63) is 117 Å². The van der Waals surface area contributed by atoms with E-state index in [1.165, 1.54) is 69.8 Å². The fourth-order valence-electron chi connectivity index (χ4n) is 5.57. The molecule has 4 heteroatoms. The van der Waals surface area contributed by atoms with Crippen LogP contribution in [0.15, 0.2) is 101 Å². The molecule has 0 saturated heterocycles. The molecule has 0 bridgehead atoms. The van der Waals surface area contributed by atoms with Gasteiger partial charge >= 0.3 is 0 Å². The van der Waals surface area contributed by atoms with Crippen molar-refractivity contribution >= 4 is 63.0 Å². The Morgan fingerprint density at radius 2 is 0.857 bits per heavy atom. The van der Waals surface area contributed by atoms with Gasteiger partial charge in [0.15, 0.2) is 10.9 Å². The molecule has 0 spiro atoms. The van der Waals surface area contributed by atoms with Gasteiger partial charge in [0.1, 0.15) is 0 Å². The number of aryl methyl sites for hydroxylation is 1. The molecule has 6 rings (SSSR count). The molecule has 0 atom stereocenters. The van der Waals surface area contributed by atoms with Gasteiger partial charge in [-0.1, -0.05) is 107 Å². The minimum Gasteiger partial charge on any atom is -0.289 e. The Bertz CT molecular complexity index is 1830. The summed E-state index contributed by atoms with van der Waals surface area (Å²) in [7, 11) is 0. The average molecular weight is 593 g/mol. The second-order valence-corrected chi connectivity index (χ2v) is 13.3. The molecule has 0 fully saturated rings. The molecule has 4 aromatic carbocycles. The van der Waals surface area contributed by atoms with Gasteiger partial charge in [-0.05, 0) is 66.9 Å². The van der Waals surface area contributed by atoms with Crippen molar-refractivity contribution in [3.8, 4) is 0 Å². The quantitative estimate of drug-likeness (QED) is 0.111. The molecule has 2 heterocycles. The highest BCUT2D eigenvalue weighted by Crippen LogP contribution is 2.26. The van der Waals surface area contributed by atoms with Crippen molar-refractivity contribution in [3.63, 3.8) is 0 Å². The Morgan fingerprint density at radius 3 is 1.36 bits per heavy atom. The molecule has 0 aliphatic heterocycles. The van der Waals surface area contributed by atoms with Crippen molar-refractivity contribution in [2.75, 3.05) is 0 Å². The van der Waals surface area contributed by atoms with E-state index >= 15 is 0 Å². The molecule has 2 aromatic heterocycles. The molecular weight excluding hydrogens is 553 g/mol. The molecule has 6 aromatic rings. The van der Waals surface area contributed by atoms with Gasteiger partial charge < -0.3 is 0 Å². The second kappa shape index (κ2) is 15.2. The van der Waals surface area contributed by atoms with Crippen LogP contribution in [0.1, 0.15) is 76.7 Å². The molecule has 0 aliphatic rings. The molecule has 0 N–H and O–H groups in total. The Kier molecular flexibility index (Phi) is 10.9. The van der Waals surface area contributed by atoms with Crippen molar-refractivity contribution in [1.29, 1.82) is 0 Å².